The van der Waals surface area contributed by atoms with Crippen molar-refractivity contribution in [2.75, 3.05) is 26.1 Å². The van der Waals surface area contributed by atoms with E-state index in [4.69, 9.17) is 5.84 Å². The number of hydrogen-bond acceptors (Lipinski definition) is 6. The Labute approximate surface area is 114 Å². The van der Waals surface area contributed by atoms with Crippen LogP contribution in [0.2, 0.25) is 0 Å². The van der Waals surface area contributed by atoms with E-state index in [0.29, 0.717) is 0 Å². The molecule has 1 unspecified atom stereocenters. The maximum atomic E-state index is 12.2. The molecule has 1 aromatic heterocycles. The van der Waals surface area contributed by atoms with Gasteiger partial charge in [-0.05, 0) is 46.1 Å². The number of nitrogens with one attached hydrogen (secondary N) is 2. The van der Waals surface area contributed by atoms with Crippen LogP contribution in [0.5, 0.6) is 0 Å². The molecule has 0 amide bonds. The number of nitrogens with two attached hydrogens (primary N) is 1. The summed E-state index contributed by atoms with van der Waals surface area (Å²) in [6.07, 6.45) is 2.20. The molecule has 108 valence electrons. The zero-order valence-corrected chi connectivity index (χ0v) is 12.2. The fourth-order valence-corrected chi connectivity index (χ4v) is 2.95. The van der Waals surface area contributed by atoms with Gasteiger partial charge in [0.05, 0.1) is 0 Å². The van der Waals surface area contributed by atoms with Crippen LogP contribution in [0.3, 0.4) is 0 Å². The van der Waals surface area contributed by atoms with E-state index in [-0.39, 0.29) is 16.8 Å². The van der Waals surface area contributed by atoms with Crippen LogP contribution in [-0.4, -0.2) is 45.0 Å². The molecule has 0 saturated carbocycles. The summed E-state index contributed by atoms with van der Waals surface area (Å²) in [4.78, 5) is 5.93. The van der Waals surface area contributed by atoms with Gasteiger partial charge in [0.15, 0.2) is 5.82 Å². The Balaban J connectivity index is 2.81. The predicted octanol–water partition coefficient (Wildman–Crippen LogP) is -0.0143. The molecule has 0 radical (unpaired) electrons. The summed E-state index contributed by atoms with van der Waals surface area (Å²) >= 11 is 0. The third kappa shape index (κ3) is 4.75. The lowest BCUT2D eigenvalue weighted by Gasteiger charge is -2.17. The number of sulfonamides is 1. The molecule has 0 aromatic carbocycles. The zero-order valence-electron chi connectivity index (χ0n) is 11.4. The number of anilines is 1. The molecule has 1 atom stereocenters. The smallest absolute Gasteiger partial charge is 0.244 e. The second-order valence-corrected chi connectivity index (χ2v) is 6.29. The van der Waals surface area contributed by atoms with E-state index >= 15 is 0 Å². The fraction of sp³-hybridized carbons (Fsp3) is 0.545. The molecule has 1 aromatic rings. The van der Waals surface area contributed by atoms with E-state index < -0.39 is 10.0 Å². The van der Waals surface area contributed by atoms with Crippen molar-refractivity contribution in [1.29, 1.82) is 0 Å². The molecular formula is C11H21N5O2S. The molecule has 7 nitrogen and oxygen atoms in total. The van der Waals surface area contributed by atoms with Gasteiger partial charge in [0.25, 0.3) is 0 Å². The molecular weight excluding hydrogens is 266 g/mol. The molecule has 0 aliphatic heterocycles. The summed E-state index contributed by atoms with van der Waals surface area (Å²) in [7, 11) is 0.263. The summed E-state index contributed by atoms with van der Waals surface area (Å²) in [5.41, 5.74) is 2.29. The minimum Gasteiger partial charge on any atom is -0.309 e. The van der Waals surface area contributed by atoms with Crippen molar-refractivity contribution in [3.63, 3.8) is 0 Å². The average Bonchev–Trinajstić information content (AvgIpc) is 2.35. The van der Waals surface area contributed by atoms with Gasteiger partial charge in [-0.3, -0.25) is 0 Å². The van der Waals surface area contributed by atoms with Crippen LogP contribution in [0.15, 0.2) is 23.2 Å². The van der Waals surface area contributed by atoms with Crippen molar-refractivity contribution in [3.8, 4) is 0 Å². The summed E-state index contributed by atoms with van der Waals surface area (Å²) in [6, 6.07) is 2.85. The lowest BCUT2D eigenvalue weighted by molar-refractivity contribution is 0.379. The monoisotopic (exact) mass is 287 g/mol. The van der Waals surface area contributed by atoms with Crippen molar-refractivity contribution in [1.82, 2.24) is 14.6 Å². The van der Waals surface area contributed by atoms with Crippen molar-refractivity contribution in [2.24, 2.45) is 5.84 Å². The van der Waals surface area contributed by atoms with Crippen LogP contribution >= 0.6 is 0 Å². The SMILES string of the molecule is CC(CCN(C)C)NS(=O)(=O)c1cccnc1NN. The first-order chi connectivity index (χ1) is 8.86. The average molecular weight is 287 g/mol. The highest BCUT2D eigenvalue weighted by Gasteiger charge is 2.21. The molecule has 0 fully saturated rings. The predicted molar refractivity (Wildman–Crippen MR) is 75.0 cm³/mol. The highest BCUT2D eigenvalue weighted by molar-refractivity contribution is 7.89. The van der Waals surface area contributed by atoms with Gasteiger partial charge in [-0.25, -0.2) is 24.0 Å². The molecule has 8 heteroatoms. The topological polar surface area (TPSA) is 100 Å². The molecule has 0 spiro atoms. The van der Waals surface area contributed by atoms with Gasteiger partial charge < -0.3 is 10.3 Å². The fourth-order valence-electron chi connectivity index (χ4n) is 1.55. The Hall–Kier alpha value is -1.22. The first-order valence-corrected chi connectivity index (χ1v) is 7.44. The van der Waals surface area contributed by atoms with Crippen molar-refractivity contribution < 1.29 is 8.42 Å². The molecule has 0 aliphatic rings. The van der Waals surface area contributed by atoms with Crippen molar-refractivity contribution in [3.05, 3.63) is 18.3 Å². The van der Waals surface area contributed by atoms with Gasteiger partial charge in [-0.1, -0.05) is 0 Å². The number of hydrogen-bond donors (Lipinski definition) is 3. The summed E-state index contributed by atoms with van der Waals surface area (Å²) < 4.78 is 27.0. The third-order valence-corrected chi connectivity index (χ3v) is 4.18. The number of nitrogen functional groups attached to an aromatic ring is 1. The van der Waals surface area contributed by atoms with E-state index in [1.807, 2.05) is 25.9 Å². The lowest BCUT2D eigenvalue weighted by atomic mass is 10.2. The number of pyridine rings is 1. The standard InChI is InChI=1S/C11H21N5O2S/c1-9(6-8-16(2)3)15-19(17,18)10-5-4-7-13-11(10)14-12/h4-5,7,9,15H,6,8,12H2,1-3H3,(H,13,14). The molecule has 0 aliphatic carbocycles. The second kappa shape index (κ2) is 6.80. The highest BCUT2D eigenvalue weighted by Crippen LogP contribution is 2.17. The van der Waals surface area contributed by atoms with Crippen LogP contribution in [0.4, 0.5) is 5.82 Å². The van der Waals surface area contributed by atoms with Gasteiger partial charge in [0.2, 0.25) is 10.0 Å². The van der Waals surface area contributed by atoms with Gasteiger partial charge in [0.1, 0.15) is 4.90 Å². The largest absolute Gasteiger partial charge is 0.309 e. The number of rotatable bonds is 7. The van der Waals surface area contributed by atoms with Crippen LogP contribution in [0.1, 0.15) is 13.3 Å². The van der Waals surface area contributed by atoms with Crippen molar-refractivity contribution >= 4 is 15.8 Å². The van der Waals surface area contributed by atoms with Crippen LogP contribution in [0, 0.1) is 0 Å². The normalized spacial score (nSPS) is 13.5. The van der Waals surface area contributed by atoms with Crippen LogP contribution < -0.4 is 16.0 Å². The molecule has 19 heavy (non-hydrogen) atoms. The minimum absolute atomic E-state index is 0.0502. The van der Waals surface area contributed by atoms with E-state index in [1.165, 1.54) is 12.3 Å². The van der Waals surface area contributed by atoms with Gasteiger partial charge >= 0.3 is 0 Å². The third-order valence-electron chi connectivity index (χ3n) is 2.56. The van der Waals surface area contributed by atoms with Crippen molar-refractivity contribution in [2.45, 2.75) is 24.3 Å². The van der Waals surface area contributed by atoms with E-state index in [0.717, 1.165) is 13.0 Å². The van der Waals surface area contributed by atoms with Gasteiger partial charge in [0, 0.05) is 12.2 Å². The summed E-state index contributed by atoms with van der Waals surface area (Å²) in [5.74, 6) is 5.40. The Kier molecular flexibility index (Phi) is 5.67. The van der Waals surface area contributed by atoms with Gasteiger partial charge in [-0.15, -0.1) is 0 Å². The van der Waals surface area contributed by atoms with Gasteiger partial charge in [-0.2, -0.15) is 0 Å². The molecule has 0 bridgehead atoms. The first-order valence-electron chi connectivity index (χ1n) is 5.95. The summed E-state index contributed by atoms with van der Waals surface area (Å²) in [5, 5.41) is 0. The number of hydrazine groups is 1. The molecule has 4 N–H and O–H groups in total. The molecule has 1 heterocycles. The number of aromatic nitrogens is 1. The second-order valence-electron chi connectivity index (χ2n) is 4.61. The highest BCUT2D eigenvalue weighted by atomic mass is 32.2. The summed E-state index contributed by atoms with van der Waals surface area (Å²) in [6.45, 7) is 2.63. The Morgan fingerprint density at radius 1 is 1.47 bits per heavy atom. The maximum Gasteiger partial charge on any atom is 0.244 e. The quantitative estimate of drug-likeness (QED) is 0.481. The Bertz CT molecular complexity index is 504. The molecule has 1 rings (SSSR count). The van der Waals surface area contributed by atoms with E-state index in [2.05, 4.69) is 15.1 Å². The molecule has 0 saturated heterocycles. The Morgan fingerprint density at radius 3 is 2.74 bits per heavy atom. The number of nitrogens with zero attached hydrogens (tertiary/aromatic N) is 2. The van der Waals surface area contributed by atoms with Crippen LogP contribution in [-0.2, 0) is 10.0 Å². The first kappa shape index (κ1) is 15.8. The maximum absolute atomic E-state index is 12.2. The zero-order chi connectivity index (χ0) is 14.5. The van der Waals surface area contributed by atoms with Crippen LogP contribution in [0.25, 0.3) is 0 Å². The van der Waals surface area contributed by atoms with E-state index in [9.17, 15) is 8.42 Å². The van der Waals surface area contributed by atoms with E-state index in [1.54, 1.807) is 6.07 Å². The lowest BCUT2D eigenvalue weighted by Crippen LogP contribution is -2.35. The Morgan fingerprint density at radius 2 is 2.16 bits per heavy atom. The minimum atomic E-state index is -3.62.